The maximum atomic E-state index is 10.7. The Morgan fingerprint density at radius 2 is 2.45 bits per heavy atom. The minimum Gasteiger partial charge on any atom is -0.288 e. The number of hydrogen-bond acceptors (Lipinski definition) is 3. The van der Waals surface area contributed by atoms with E-state index < -0.39 is 5.91 Å². The van der Waals surface area contributed by atoms with Gasteiger partial charge >= 0.3 is 0 Å². The Labute approximate surface area is 67.6 Å². The molecule has 0 spiro atoms. The number of hydrogen-bond donors (Lipinski definition) is 2. The average molecular weight is 167 g/mol. The van der Waals surface area contributed by atoms with Crippen molar-refractivity contribution < 1.29 is 10.0 Å². The molecule has 1 heterocycles. The van der Waals surface area contributed by atoms with Gasteiger partial charge in [0.25, 0.3) is 5.91 Å². The molecule has 0 unspecified atom stereocenters. The van der Waals surface area contributed by atoms with Gasteiger partial charge in [-0.25, -0.2) is 5.48 Å². The van der Waals surface area contributed by atoms with Gasteiger partial charge in [-0.15, -0.1) is 17.8 Å². The number of amides is 1. The summed E-state index contributed by atoms with van der Waals surface area (Å²) in [5.74, 6) is 1.85. The molecule has 0 fully saturated rings. The van der Waals surface area contributed by atoms with Crippen LogP contribution >= 0.6 is 11.3 Å². The predicted molar refractivity (Wildman–Crippen MR) is 41.5 cm³/mol. The first-order valence-corrected chi connectivity index (χ1v) is 3.60. The summed E-state index contributed by atoms with van der Waals surface area (Å²) in [4.78, 5) is 11.8. The zero-order chi connectivity index (χ0) is 8.27. The van der Waals surface area contributed by atoms with E-state index in [4.69, 9.17) is 11.6 Å². The van der Waals surface area contributed by atoms with Gasteiger partial charge in [-0.05, 0) is 12.1 Å². The first-order chi connectivity index (χ1) is 5.27. The third kappa shape index (κ3) is 1.58. The van der Waals surface area contributed by atoms with Crippen LogP contribution in [0, 0.1) is 12.3 Å². The van der Waals surface area contributed by atoms with Crippen molar-refractivity contribution in [3.63, 3.8) is 0 Å². The summed E-state index contributed by atoms with van der Waals surface area (Å²) >= 11 is 1.16. The second-order valence-corrected chi connectivity index (χ2v) is 2.83. The Hall–Kier alpha value is -1.31. The predicted octanol–water partition coefficient (Wildman–Crippen LogP) is 0.848. The Bertz CT molecular complexity index is 310. The Balaban J connectivity index is 2.91. The van der Waals surface area contributed by atoms with Crippen molar-refractivity contribution in [1.82, 2.24) is 5.48 Å². The molecule has 3 nitrogen and oxygen atoms in total. The lowest BCUT2D eigenvalue weighted by atomic mass is 10.4. The molecule has 0 aliphatic carbocycles. The normalized spacial score (nSPS) is 8.73. The van der Waals surface area contributed by atoms with Crippen molar-refractivity contribution in [1.29, 1.82) is 0 Å². The van der Waals surface area contributed by atoms with E-state index in [9.17, 15) is 4.79 Å². The molecule has 11 heavy (non-hydrogen) atoms. The van der Waals surface area contributed by atoms with E-state index in [1.807, 2.05) is 0 Å². The monoisotopic (exact) mass is 167 g/mol. The summed E-state index contributed by atoms with van der Waals surface area (Å²) < 4.78 is 0. The summed E-state index contributed by atoms with van der Waals surface area (Å²) in [6, 6.07) is 3.21. The topological polar surface area (TPSA) is 49.3 Å². The van der Waals surface area contributed by atoms with Gasteiger partial charge in [-0.2, -0.15) is 0 Å². The largest absolute Gasteiger partial charge is 0.288 e. The van der Waals surface area contributed by atoms with Crippen LogP contribution < -0.4 is 5.48 Å². The highest BCUT2D eigenvalue weighted by Crippen LogP contribution is 2.14. The van der Waals surface area contributed by atoms with Crippen molar-refractivity contribution in [3.8, 4) is 12.3 Å². The third-order valence-electron chi connectivity index (χ3n) is 1.07. The Morgan fingerprint density at radius 3 is 2.91 bits per heavy atom. The van der Waals surface area contributed by atoms with E-state index >= 15 is 0 Å². The molecule has 1 amide bonds. The van der Waals surface area contributed by atoms with Gasteiger partial charge in [-0.1, -0.05) is 5.92 Å². The van der Waals surface area contributed by atoms with Gasteiger partial charge in [0.15, 0.2) is 0 Å². The van der Waals surface area contributed by atoms with Crippen LogP contribution in [-0.2, 0) is 0 Å². The molecule has 0 bridgehead atoms. The van der Waals surface area contributed by atoms with Crippen LogP contribution in [0.4, 0.5) is 0 Å². The molecule has 1 rings (SSSR count). The molecule has 0 aliphatic rings. The van der Waals surface area contributed by atoms with E-state index in [1.165, 1.54) is 5.48 Å². The quantitative estimate of drug-likeness (QED) is 0.370. The van der Waals surface area contributed by atoms with Crippen molar-refractivity contribution in [2.45, 2.75) is 0 Å². The van der Waals surface area contributed by atoms with E-state index in [-0.39, 0.29) is 0 Å². The molecule has 0 aliphatic heterocycles. The third-order valence-corrected chi connectivity index (χ3v) is 2.09. The number of hydroxylamine groups is 1. The molecule has 0 atom stereocenters. The van der Waals surface area contributed by atoms with Crippen LogP contribution in [0.1, 0.15) is 14.5 Å². The highest BCUT2D eigenvalue weighted by Gasteiger charge is 2.05. The molecule has 0 saturated carbocycles. The van der Waals surface area contributed by atoms with Crippen LogP contribution in [0.25, 0.3) is 0 Å². The first-order valence-electron chi connectivity index (χ1n) is 2.79. The van der Waals surface area contributed by atoms with Crippen molar-refractivity contribution in [2.24, 2.45) is 0 Å². The summed E-state index contributed by atoms with van der Waals surface area (Å²) in [5, 5.41) is 8.23. The smallest absolute Gasteiger partial charge is 0.284 e. The van der Waals surface area contributed by atoms with E-state index in [0.717, 1.165) is 11.3 Å². The van der Waals surface area contributed by atoms with Crippen LogP contribution in [0.2, 0.25) is 0 Å². The van der Waals surface area contributed by atoms with Crippen LogP contribution in [0.3, 0.4) is 0 Å². The SMILES string of the molecule is C#Cc1ccc(C(=O)NO)s1. The number of rotatable bonds is 1. The van der Waals surface area contributed by atoms with Gasteiger partial charge in [0, 0.05) is 0 Å². The summed E-state index contributed by atoms with van der Waals surface area (Å²) in [6.45, 7) is 0. The maximum Gasteiger partial charge on any atom is 0.284 e. The van der Waals surface area contributed by atoms with Crippen molar-refractivity contribution >= 4 is 17.2 Å². The molecular formula is C7H5NO2S. The highest BCUT2D eigenvalue weighted by atomic mass is 32.1. The van der Waals surface area contributed by atoms with E-state index in [2.05, 4.69) is 5.92 Å². The first kappa shape index (κ1) is 7.79. The zero-order valence-electron chi connectivity index (χ0n) is 5.50. The zero-order valence-corrected chi connectivity index (χ0v) is 6.31. The molecule has 1 aromatic heterocycles. The van der Waals surface area contributed by atoms with Crippen LogP contribution in [0.15, 0.2) is 12.1 Å². The van der Waals surface area contributed by atoms with Gasteiger partial charge in [0.2, 0.25) is 0 Å². The average Bonchev–Trinajstić information content (AvgIpc) is 2.50. The molecule has 0 radical (unpaired) electrons. The minimum absolute atomic E-state index is 0.403. The van der Waals surface area contributed by atoms with Crippen LogP contribution in [0.5, 0.6) is 0 Å². The summed E-state index contributed by atoms with van der Waals surface area (Å²) in [7, 11) is 0. The number of carbonyl (C=O) groups excluding carboxylic acids is 1. The molecule has 0 aromatic carbocycles. The lowest BCUT2D eigenvalue weighted by Crippen LogP contribution is -2.16. The van der Waals surface area contributed by atoms with E-state index in [1.54, 1.807) is 12.1 Å². The maximum absolute atomic E-state index is 10.7. The van der Waals surface area contributed by atoms with Crippen molar-refractivity contribution in [3.05, 3.63) is 21.9 Å². The number of carbonyl (C=O) groups is 1. The van der Waals surface area contributed by atoms with Gasteiger partial charge in [0.05, 0.1) is 9.75 Å². The molecule has 56 valence electrons. The van der Waals surface area contributed by atoms with Gasteiger partial charge < -0.3 is 0 Å². The summed E-state index contributed by atoms with van der Waals surface area (Å²) in [6.07, 6.45) is 5.07. The Kier molecular flexibility index (Phi) is 2.26. The van der Waals surface area contributed by atoms with Crippen LogP contribution in [-0.4, -0.2) is 11.1 Å². The number of thiophene rings is 1. The van der Waals surface area contributed by atoms with Gasteiger partial charge in [-0.3, -0.25) is 10.0 Å². The fourth-order valence-corrected chi connectivity index (χ4v) is 1.30. The number of nitrogens with one attached hydrogen (secondary N) is 1. The number of terminal acetylenes is 1. The van der Waals surface area contributed by atoms with Crippen molar-refractivity contribution in [2.75, 3.05) is 0 Å². The second kappa shape index (κ2) is 3.19. The second-order valence-electron chi connectivity index (χ2n) is 1.75. The highest BCUT2D eigenvalue weighted by molar-refractivity contribution is 7.14. The molecule has 0 saturated heterocycles. The van der Waals surface area contributed by atoms with E-state index in [0.29, 0.717) is 9.75 Å². The summed E-state index contributed by atoms with van der Waals surface area (Å²) in [5.41, 5.74) is 1.52. The standard InChI is InChI=1S/C7H5NO2S/c1-2-5-3-4-6(11-5)7(9)8-10/h1,3-4,10H,(H,8,9). The fraction of sp³-hybridized carbons (Fsp3) is 0. The molecule has 1 aromatic rings. The molecule has 2 N–H and O–H groups in total. The van der Waals surface area contributed by atoms with Gasteiger partial charge in [0.1, 0.15) is 0 Å². The Morgan fingerprint density at radius 1 is 1.73 bits per heavy atom. The lowest BCUT2D eigenvalue weighted by Gasteiger charge is -1.89. The lowest BCUT2D eigenvalue weighted by molar-refractivity contribution is 0.0711. The molecule has 4 heteroatoms. The minimum atomic E-state index is -0.531. The fourth-order valence-electron chi connectivity index (χ4n) is 0.593. The molecular weight excluding hydrogens is 162 g/mol.